The lowest BCUT2D eigenvalue weighted by molar-refractivity contribution is -0.130. The number of aliphatic hydroxyl groups excluding tert-OH is 2. The van der Waals surface area contributed by atoms with Crippen LogP contribution in [0.3, 0.4) is 0 Å². The summed E-state index contributed by atoms with van der Waals surface area (Å²) in [6.07, 6.45) is 4.63. The zero-order valence-corrected chi connectivity index (χ0v) is 20.4. The molecule has 1 aliphatic heterocycles. The van der Waals surface area contributed by atoms with E-state index < -0.39 is 11.6 Å². The van der Waals surface area contributed by atoms with Gasteiger partial charge in [-0.15, -0.1) is 6.58 Å². The second-order valence-electron chi connectivity index (χ2n) is 9.30. The molecule has 1 aliphatic carbocycles. The number of amides is 1. The maximum atomic E-state index is 13.7. The van der Waals surface area contributed by atoms with E-state index in [1.807, 2.05) is 54.6 Å². The van der Waals surface area contributed by atoms with Crippen LogP contribution in [0.15, 0.2) is 72.2 Å². The van der Waals surface area contributed by atoms with Gasteiger partial charge in [0.05, 0.1) is 12.7 Å². The van der Waals surface area contributed by atoms with Gasteiger partial charge in [0, 0.05) is 31.1 Å². The Hall–Kier alpha value is -3.20. The molecule has 0 bridgehead atoms. The lowest BCUT2D eigenvalue weighted by Crippen LogP contribution is -2.55. The Bertz CT molecular complexity index is 1030. The van der Waals surface area contributed by atoms with E-state index in [4.69, 9.17) is 19.6 Å². The van der Waals surface area contributed by atoms with Crippen LogP contribution in [-0.2, 0) is 9.53 Å². The molecule has 0 aromatic heterocycles. The predicted molar refractivity (Wildman–Crippen MR) is 138 cm³/mol. The van der Waals surface area contributed by atoms with Gasteiger partial charge in [-0.3, -0.25) is 10.2 Å². The van der Waals surface area contributed by atoms with Crippen LogP contribution in [-0.4, -0.2) is 52.9 Å². The molecule has 0 spiro atoms. The molecule has 0 unspecified atom stereocenters. The largest absolute Gasteiger partial charge is 0.494 e. The molecule has 192 valence electrons. The smallest absolute Gasteiger partial charge is 0.266 e. The van der Waals surface area contributed by atoms with Gasteiger partial charge in [-0.05, 0) is 55.5 Å². The van der Waals surface area contributed by atoms with Crippen LogP contribution in [0.25, 0.3) is 0 Å². The van der Waals surface area contributed by atoms with Crippen molar-refractivity contribution < 1.29 is 24.5 Å². The quantitative estimate of drug-likeness (QED) is 0.217. The van der Waals surface area contributed by atoms with Crippen LogP contribution in [0.5, 0.6) is 5.75 Å². The SMILES string of the molecule is C=CC[C@]1(C(=O)NNC2CCC(O)CC2)N=C(c2ccc(OCCCO)cc2)O[C@H]1c1ccccc1. The number of rotatable bonds is 11. The Morgan fingerprint density at radius 3 is 2.53 bits per heavy atom. The fourth-order valence-corrected chi connectivity index (χ4v) is 4.66. The summed E-state index contributed by atoms with van der Waals surface area (Å²) >= 11 is 0. The number of benzene rings is 2. The minimum atomic E-state index is -1.24. The average molecular weight is 494 g/mol. The summed E-state index contributed by atoms with van der Waals surface area (Å²) < 4.78 is 12.0. The molecule has 8 heteroatoms. The molecule has 8 nitrogen and oxygen atoms in total. The minimum Gasteiger partial charge on any atom is -0.494 e. The van der Waals surface area contributed by atoms with Gasteiger partial charge in [0.25, 0.3) is 5.91 Å². The van der Waals surface area contributed by atoms with E-state index in [9.17, 15) is 9.90 Å². The fourth-order valence-electron chi connectivity index (χ4n) is 4.66. The molecule has 2 aromatic rings. The van der Waals surface area contributed by atoms with E-state index in [1.54, 1.807) is 6.08 Å². The van der Waals surface area contributed by atoms with Crippen LogP contribution in [0.1, 0.15) is 55.8 Å². The molecule has 1 amide bonds. The summed E-state index contributed by atoms with van der Waals surface area (Å²) in [6.45, 7) is 4.40. The van der Waals surface area contributed by atoms with Crippen LogP contribution >= 0.6 is 0 Å². The number of aliphatic hydroxyl groups is 2. The first-order chi connectivity index (χ1) is 17.6. The van der Waals surface area contributed by atoms with Gasteiger partial charge in [0.2, 0.25) is 5.90 Å². The topological polar surface area (TPSA) is 112 Å². The molecule has 4 N–H and O–H groups in total. The van der Waals surface area contributed by atoms with Crippen LogP contribution in [0, 0.1) is 0 Å². The van der Waals surface area contributed by atoms with Gasteiger partial charge in [0.1, 0.15) is 5.75 Å². The van der Waals surface area contributed by atoms with Gasteiger partial charge in [0.15, 0.2) is 11.6 Å². The molecule has 2 aliphatic rings. The van der Waals surface area contributed by atoms with Gasteiger partial charge < -0.3 is 19.7 Å². The fraction of sp³-hybridized carbons (Fsp3) is 0.429. The maximum Gasteiger partial charge on any atom is 0.266 e. The molecular formula is C28H35N3O5. The molecule has 4 rings (SSSR count). The summed E-state index contributed by atoms with van der Waals surface area (Å²) in [5, 5.41) is 18.7. The average Bonchev–Trinajstić information content (AvgIpc) is 3.30. The lowest BCUT2D eigenvalue weighted by Gasteiger charge is -2.32. The van der Waals surface area contributed by atoms with Crippen molar-refractivity contribution >= 4 is 11.8 Å². The van der Waals surface area contributed by atoms with Gasteiger partial charge >= 0.3 is 0 Å². The number of aliphatic imine (C=N–C) groups is 1. The molecule has 1 heterocycles. The number of ether oxygens (including phenoxy) is 2. The zero-order valence-electron chi connectivity index (χ0n) is 20.4. The molecule has 1 fully saturated rings. The molecule has 0 saturated heterocycles. The Morgan fingerprint density at radius 2 is 1.86 bits per heavy atom. The number of carbonyl (C=O) groups is 1. The Morgan fingerprint density at radius 1 is 1.14 bits per heavy atom. The van der Waals surface area contributed by atoms with E-state index in [-0.39, 0.29) is 31.1 Å². The van der Waals surface area contributed by atoms with Gasteiger partial charge in [-0.1, -0.05) is 36.4 Å². The third kappa shape index (κ3) is 5.95. The van der Waals surface area contributed by atoms with E-state index in [0.717, 1.165) is 24.0 Å². The van der Waals surface area contributed by atoms with E-state index in [1.165, 1.54) is 0 Å². The number of hydrogen-bond donors (Lipinski definition) is 4. The third-order valence-corrected chi connectivity index (χ3v) is 6.67. The molecule has 1 saturated carbocycles. The standard InChI is InChI=1S/C28H35N3O5/c1-2-17-28(27(34)31-30-22-11-13-23(33)14-12-22)25(20-7-4-3-5-8-20)36-26(29-28)21-9-15-24(16-10-21)35-19-6-18-32/h2-5,7-10,15-16,22-23,25,30,32-33H,1,6,11-14,17-19H2,(H,31,34)/t22?,23?,25-,28-/m0/s1. The Labute approximate surface area is 212 Å². The number of nitrogens with one attached hydrogen (secondary N) is 2. The Kier molecular flexibility index (Phi) is 8.74. The van der Waals surface area contributed by atoms with Crippen molar-refractivity contribution in [3.05, 3.63) is 78.4 Å². The van der Waals surface area contributed by atoms with Crippen molar-refractivity contribution in [1.29, 1.82) is 0 Å². The maximum absolute atomic E-state index is 13.7. The second kappa shape index (κ2) is 12.2. The van der Waals surface area contributed by atoms with Crippen molar-refractivity contribution in [2.45, 2.75) is 62.3 Å². The van der Waals surface area contributed by atoms with E-state index in [2.05, 4.69) is 17.4 Å². The second-order valence-corrected chi connectivity index (χ2v) is 9.30. The van der Waals surface area contributed by atoms with Crippen molar-refractivity contribution in [1.82, 2.24) is 10.9 Å². The first-order valence-electron chi connectivity index (χ1n) is 12.6. The van der Waals surface area contributed by atoms with Gasteiger partial charge in [-0.25, -0.2) is 10.4 Å². The Balaban J connectivity index is 1.59. The van der Waals surface area contributed by atoms with E-state index >= 15 is 0 Å². The first kappa shape index (κ1) is 25.9. The van der Waals surface area contributed by atoms with Crippen molar-refractivity contribution in [3.8, 4) is 5.75 Å². The van der Waals surface area contributed by atoms with Crippen LogP contribution in [0.2, 0.25) is 0 Å². The molecule has 2 atom stereocenters. The third-order valence-electron chi connectivity index (χ3n) is 6.67. The first-order valence-corrected chi connectivity index (χ1v) is 12.6. The zero-order chi connectivity index (χ0) is 25.4. The number of hydrogen-bond acceptors (Lipinski definition) is 7. The highest BCUT2D eigenvalue weighted by molar-refractivity contribution is 6.01. The monoisotopic (exact) mass is 493 g/mol. The highest BCUT2D eigenvalue weighted by atomic mass is 16.5. The van der Waals surface area contributed by atoms with Crippen LogP contribution in [0.4, 0.5) is 0 Å². The van der Waals surface area contributed by atoms with Crippen LogP contribution < -0.4 is 15.6 Å². The minimum absolute atomic E-state index is 0.0780. The highest BCUT2D eigenvalue weighted by Gasteiger charge is 2.52. The summed E-state index contributed by atoms with van der Waals surface area (Å²) in [7, 11) is 0. The predicted octanol–water partition coefficient (Wildman–Crippen LogP) is 3.21. The molecule has 0 radical (unpaired) electrons. The van der Waals surface area contributed by atoms with Crippen molar-refractivity contribution in [3.63, 3.8) is 0 Å². The van der Waals surface area contributed by atoms with Crippen molar-refractivity contribution in [2.75, 3.05) is 13.2 Å². The summed E-state index contributed by atoms with van der Waals surface area (Å²) in [5.41, 5.74) is 6.39. The van der Waals surface area contributed by atoms with E-state index in [0.29, 0.717) is 37.5 Å². The summed E-state index contributed by atoms with van der Waals surface area (Å²) in [5.74, 6) is 0.771. The number of carbonyl (C=O) groups excluding carboxylic acids is 1. The number of hydrazine groups is 1. The summed E-state index contributed by atoms with van der Waals surface area (Å²) in [4.78, 5) is 18.6. The lowest BCUT2D eigenvalue weighted by atomic mass is 9.84. The van der Waals surface area contributed by atoms with Gasteiger partial charge in [-0.2, -0.15) is 0 Å². The normalized spacial score (nSPS) is 25.5. The highest BCUT2D eigenvalue weighted by Crippen LogP contribution is 2.42. The molecule has 36 heavy (non-hydrogen) atoms. The summed E-state index contributed by atoms with van der Waals surface area (Å²) in [6, 6.07) is 17.1. The number of nitrogens with zero attached hydrogens (tertiary/aromatic N) is 1. The van der Waals surface area contributed by atoms with Crippen molar-refractivity contribution in [2.24, 2.45) is 4.99 Å². The molecule has 2 aromatic carbocycles. The molecular weight excluding hydrogens is 458 g/mol.